The normalized spacial score (nSPS) is 36.5. The highest BCUT2D eigenvalue weighted by atomic mass is 16.5. The monoisotopic (exact) mass is 434 g/mol. The van der Waals surface area contributed by atoms with Gasteiger partial charge >= 0.3 is 0 Å². The molecular weight excluding hydrogens is 400 g/mol. The van der Waals surface area contributed by atoms with Gasteiger partial charge in [-0.05, 0) is 90.9 Å². The quantitative estimate of drug-likeness (QED) is 0.637. The van der Waals surface area contributed by atoms with Gasteiger partial charge in [0.15, 0.2) is 5.78 Å². The number of hydrogen-bond donors (Lipinski definition) is 1. The maximum Gasteiger partial charge on any atom is 0.156 e. The highest BCUT2D eigenvalue weighted by molar-refractivity contribution is 5.93. The number of hydrogen-bond acceptors (Lipinski definition) is 4. The van der Waals surface area contributed by atoms with Crippen molar-refractivity contribution >= 4 is 5.78 Å². The van der Waals surface area contributed by atoms with Gasteiger partial charge in [-0.25, -0.2) is 0 Å². The Morgan fingerprint density at radius 3 is 2.72 bits per heavy atom. The number of benzene rings is 1. The maximum absolute atomic E-state index is 12.2. The first-order chi connectivity index (χ1) is 15.4. The molecule has 5 atom stereocenters. The van der Waals surface area contributed by atoms with Gasteiger partial charge in [0.2, 0.25) is 0 Å². The molecular formula is C28H34O4. The molecule has 0 aromatic heterocycles. The molecule has 2 fully saturated rings. The highest BCUT2D eigenvalue weighted by Crippen LogP contribution is 2.62. The number of aliphatic hydroxyl groups is 1. The second kappa shape index (κ2) is 8.00. The van der Waals surface area contributed by atoms with E-state index in [0.29, 0.717) is 31.3 Å². The van der Waals surface area contributed by atoms with Crippen molar-refractivity contribution in [3.05, 3.63) is 65.3 Å². The van der Waals surface area contributed by atoms with E-state index in [1.54, 1.807) is 7.11 Å². The van der Waals surface area contributed by atoms with Gasteiger partial charge in [0.1, 0.15) is 11.9 Å². The van der Waals surface area contributed by atoms with E-state index < -0.39 is 5.60 Å². The van der Waals surface area contributed by atoms with Crippen LogP contribution >= 0.6 is 0 Å². The zero-order valence-electron chi connectivity index (χ0n) is 19.2. The van der Waals surface area contributed by atoms with Crippen LogP contribution in [0, 0.1) is 17.3 Å². The molecule has 1 saturated heterocycles. The Bertz CT molecular complexity index is 987. The average molecular weight is 435 g/mol. The largest absolute Gasteiger partial charge is 0.497 e. The number of allylic oxidation sites excluding steroid dienone is 3. The second-order valence-corrected chi connectivity index (χ2v) is 10.3. The van der Waals surface area contributed by atoms with Crippen LogP contribution in [0.3, 0.4) is 0 Å². The number of fused-ring (bicyclic) bond motifs is 4. The van der Waals surface area contributed by atoms with Crippen LogP contribution in [0.15, 0.2) is 59.7 Å². The van der Waals surface area contributed by atoms with Crippen molar-refractivity contribution in [2.45, 2.75) is 63.6 Å². The molecule has 170 valence electrons. The molecule has 1 N–H and O–H groups in total. The number of ketones is 1. The highest BCUT2D eigenvalue weighted by Gasteiger charge is 2.60. The number of carbonyl (C=O) groups is 1. The Kier molecular flexibility index (Phi) is 5.42. The van der Waals surface area contributed by atoms with Gasteiger partial charge in [0, 0.05) is 11.8 Å². The molecule has 0 radical (unpaired) electrons. The van der Waals surface area contributed by atoms with Gasteiger partial charge in [-0.1, -0.05) is 25.1 Å². The number of rotatable bonds is 4. The minimum atomic E-state index is -0.789. The summed E-state index contributed by atoms with van der Waals surface area (Å²) >= 11 is 0. The fraction of sp³-hybridized carbons (Fsp3) is 0.536. The van der Waals surface area contributed by atoms with Crippen molar-refractivity contribution in [2.24, 2.45) is 17.3 Å². The Hall–Kier alpha value is -2.17. The van der Waals surface area contributed by atoms with Crippen LogP contribution < -0.4 is 4.74 Å². The van der Waals surface area contributed by atoms with E-state index in [2.05, 4.69) is 25.6 Å². The zero-order valence-corrected chi connectivity index (χ0v) is 19.2. The summed E-state index contributed by atoms with van der Waals surface area (Å²) in [7, 11) is 1.68. The van der Waals surface area contributed by atoms with E-state index in [4.69, 9.17) is 9.47 Å². The van der Waals surface area contributed by atoms with Crippen molar-refractivity contribution in [3.63, 3.8) is 0 Å². The Morgan fingerprint density at radius 1 is 1.22 bits per heavy atom. The molecule has 32 heavy (non-hydrogen) atoms. The molecule has 0 amide bonds. The van der Waals surface area contributed by atoms with Gasteiger partial charge < -0.3 is 14.6 Å². The molecule has 1 aliphatic heterocycles. The molecule has 3 aliphatic carbocycles. The van der Waals surface area contributed by atoms with Crippen LogP contribution in [0.4, 0.5) is 0 Å². The maximum atomic E-state index is 12.2. The smallest absolute Gasteiger partial charge is 0.156 e. The van der Waals surface area contributed by atoms with E-state index in [-0.39, 0.29) is 17.3 Å². The molecule has 4 heteroatoms. The third kappa shape index (κ3) is 3.22. The standard InChI is InChI=1S/C28H34O4/c1-4-14-28(30)15-13-24-23-11-7-19-16-20(29)8-12-22(19)25(23)26(32-17-27(24,28)2)18-5-9-21(31-3)10-6-18/h4-6,9-10,16,23-24,26,30H,1,7-8,11-15,17H2,2-3H3/t23?,24?,26?,27-,28-/m0/s1. The Morgan fingerprint density at radius 2 is 2.00 bits per heavy atom. The summed E-state index contributed by atoms with van der Waals surface area (Å²) in [5, 5.41) is 11.7. The number of carbonyl (C=O) groups excluding carboxylic acids is 1. The second-order valence-electron chi connectivity index (χ2n) is 10.3. The summed E-state index contributed by atoms with van der Waals surface area (Å²) in [6, 6.07) is 8.17. The van der Waals surface area contributed by atoms with Crippen molar-refractivity contribution in [3.8, 4) is 5.75 Å². The van der Waals surface area contributed by atoms with E-state index in [9.17, 15) is 9.90 Å². The molecule has 5 rings (SSSR count). The van der Waals surface area contributed by atoms with Crippen molar-refractivity contribution in [1.29, 1.82) is 0 Å². The lowest BCUT2D eigenvalue weighted by Gasteiger charge is -2.44. The van der Waals surface area contributed by atoms with Crippen molar-refractivity contribution < 1.29 is 19.4 Å². The average Bonchev–Trinajstić information content (AvgIpc) is 2.96. The minimum absolute atomic E-state index is 0.159. The Labute approximate surface area is 191 Å². The lowest BCUT2D eigenvalue weighted by molar-refractivity contribution is -0.114. The molecule has 1 aromatic rings. The van der Waals surface area contributed by atoms with Crippen LogP contribution in [-0.2, 0) is 9.53 Å². The van der Waals surface area contributed by atoms with E-state index in [1.165, 1.54) is 16.7 Å². The third-order valence-corrected chi connectivity index (χ3v) is 8.79. The molecule has 4 aliphatic rings. The predicted octanol–water partition coefficient (Wildman–Crippen LogP) is 5.49. The summed E-state index contributed by atoms with van der Waals surface area (Å²) in [5.74, 6) is 1.78. The van der Waals surface area contributed by atoms with Crippen LogP contribution in [0.5, 0.6) is 5.75 Å². The number of ether oxygens (including phenoxy) is 2. The van der Waals surface area contributed by atoms with Gasteiger partial charge in [-0.15, -0.1) is 6.58 Å². The van der Waals surface area contributed by atoms with Crippen LogP contribution in [0.2, 0.25) is 0 Å². The molecule has 3 unspecified atom stereocenters. The summed E-state index contributed by atoms with van der Waals surface area (Å²) in [6.07, 6.45) is 9.28. The summed E-state index contributed by atoms with van der Waals surface area (Å²) in [4.78, 5) is 12.2. The predicted molar refractivity (Wildman–Crippen MR) is 124 cm³/mol. The fourth-order valence-corrected chi connectivity index (χ4v) is 6.98. The Balaban J connectivity index is 1.65. The van der Waals surface area contributed by atoms with Gasteiger partial charge in [-0.2, -0.15) is 0 Å². The molecule has 0 spiro atoms. The number of methoxy groups -OCH3 is 1. The lowest BCUT2D eigenvalue weighted by atomic mass is 9.61. The molecule has 1 saturated carbocycles. The van der Waals surface area contributed by atoms with Crippen molar-refractivity contribution in [2.75, 3.05) is 13.7 Å². The first-order valence-electron chi connectivity index (χ1n) is 12.0. The third-order valence-electron chi connectivity index (χ3n) is 8.79. The molecule has 1 aromatic carbocycles. The van der Waals surface area contributed by atoms with Crippen LogP contribution in [0.25, 0.3) is 0 Å². The summed E-state index contributed by atoms with van der Waals surface area (Å²) in [6.45, 7) is 6.66. The van der Waals surface area contributed by atoms with Crippen molar-refractivity contribution in [1.82, 2.24) is 0 Å². The van der Waals surface area contributed by atoms with E-state index in [1.807, 2.05) is 24.3 Å². The minimum Gasteiger partial charge on any atom is -0.497 e. The van der Waals surface area contributed by atoms with Gasteiger partial charge in [-0.3, -0.25) is 4.79 Å². The van der Waals surface area contributed by atoms with Crippen LogP contribution in [0.1, 0.15) is 63.5 Å². The summed E-state index contributed by atoms with van der Waals surface area (Å²) in [5.41, 5.74) is 3.90. The molecule has 4 nitrogen and oxygen atoms in total. The summed E-state index contributed by atoms with van der Waals surface area (Å²) < 4.78 is 12.1. The topological polar surface area (TPSA) is 55.8 Å². The SMILES string of the molecule is C=CC[C@]1(O)CCC2C3CCC4=CC(=O)CCC4=C3C(c3ccc(OC)cc3)OC[C@@]21C. The van der Waals surface area contributed by atoms with Gasteiger partial charge in [0.05, 0.1) is 19.3 Å². The fourth-order valence-electron chi connectivity index (χ4n) is 6.98. The van der Waals surface area contributed by atoms with E-state index >= 15 is 0 Å². The zero-order chi connectivity index (χ0) is 22.5. The van der Waals surface area contributed by atoms with Crippen LogP contribution in [-0.4, -0.2) is 30.2 Å². The van der Waals surface area contributed by atoms with E-state index in [0.717, 1.165) is 43.4 Å². The first-order valence-corrected chi connectivity index (χ1v) is 12.0. The molecule has 0 bridgehead atoms. The first kappa shape index (κ1) is 21.7. The lowest BCUT2D eigenvalue weighted by Crippen LogP contribution is -2.48. The van der Waals surface area contributed by atoms with Gasteiger partial charge in [0.25, 0.3) is 0 Å². The molecule has 1 heterocycles.